The van der Waals surface area contributed by atoms with Gasteiger partial charge in [0.25, 0.3) is 5.91 Å². The Morgan fingerprint density at radius 3 is 1.97 bits per heavy atom. The Hall–Kier alpha value is -3.88. The van der Waals surface area contributed by atoms with E-state index in [-0.39, 0.29) is 5.91 Å². The summed E-state index contributed by atoms with van der Waals surface area (Å²) >= 11 is 0. The molecule has 0 spiro atoms. The molecule has 0 atom stereocenters. The lowest BCUT2D eigenvalue weighted by Crippen LogP contribution is -2.49. The number of rotatable bonds is 5. The van der Waals surface area contributed by atoms with Crippen LogP contribution in [0.5, 0.6) is 0 Å². The van der Waals surface area contributed by atoms with Crippen LogP contribution in [0.3, 0.4) is 0 Å². The predicted molar refractivity (Wildman–Crippen MR) is 146 cm³/mol. The molecule has 0 unspecified atom stereocenters. The second kappa shape index (κ2) is 9.88. The Bertz CT molecular complexity index is 1290. The number of hydrogen-bond donors (Lipinski definition) is 1. The van der Waals surface area contributed by atoms with E-state index in [1.807, 2.05) is 23.1 Å². The van der Waals surface area contributed by atoms with Crippen LogP contribution < -0.4 is 20.4 Å². The molecular formula is C28H33N7O2. The van der Waals surface area contributed by atoms with Crippen molar-refractivity contribution in [3.8, 4) is 0 Å². The average Bonchev–Trinajstić information content (AvgIpc) is 3.67. The summed E-state index contributed by atoms with van der Waals surface area (Å²) < 4.78 is 0. The highest BCUT2D eigenvalue weighted by Gasteiger charge is 2.26. The number of primary amides is 1. The van der Waals surface area contributed by atoms with Crippen molar-refractivity contribution >= 4 is 40.2 Å². The lowest BCUT2D eigenvalue weighted by molar-refractivity contribution is 0.0746. The van der Waals surface area contributed by atoms with Crippen molar-refractivity contribution in [2.45, 2.75) is 25.7 Å². The molecule has 0 bridgehead atoms. The van der Waals surface area contributed by atoms with Crippen LogP contribution in [0.2, 0.25) is 0 Å². The molecule has 3 fully saturated rings. The summed E-state index contributed by atoms with van der Waals surface area (Å²) in [5, 5.41) is 1.60. The molecule has 2 amide bonds. The summed E-state index contributed by atoms with van der Waals surface area (Å²) in [6, 6.07) is 13.0. The van der Waals surface area contributed by atoms with E-state index in [2.05, 4.69) is 20.8 Å². The minimum Gasteiger partial charge on any atom is -0.366 e. The van der Waals surface area contributed by atoms with Crippen molar-refractivity contribution in [2.75, 3.05) is 67.1 Å². The minimum atomic E-state index is -0.466. The van der Waals surface area contributed by atoms with Crippen molar-refractivity contribution in [3.05, 3.63) is 53.6 Å². The van der Waals surface area contributed by atoms with Crippen LogP contribution in [-0.4, -0.2) is 79.0 Å². The number of anilines is 3. The summed E-state index contributed by atoms with van der Waals surface area (Å²) in [7, 11) is 0. The molecule has 3 saturated heterocycles. The first kappa shape index (κ1) is 23.5. The van der Waals surface area contributed by atoms with Gasteiger partial charge in [-0.1, -0.05) is 18.2 Å². The number of carbonyl (C=O) groups excluding carboxylic acids is 2. The van der Waals surface area contributed by atoms with Gasteiger partial charge in [0.1, 0.15) is 11.6 Å². The maximum Gasteiger partial charge on any atom is 0.253 e. The van der Waals surface area contributed by atoms with Gasteiger partial charge < -0.3 is 25.3 Å². The molecule has 9 heteroatoms. The maximum atomic E-state index is 13.3. The Balaban J connectivity index is 1.19. The minimum absolute atomic E-state index is 0.00391. The van der Waals surface area contributed by atoms with Crippen molar-refractivity contribution in [1.82, 2.24) is 14.9 Å². The molecule has 0 aliphatic carbocycles. The molecule has 37 heavy (non-hydrogen) atoms. The Morgan fingerprint density at radius 2 is 1.32 bits per heavy atom. The quantitative estimate of drug-likeness (QED) is 0.576. The zero-order valence-electron chi connectivity index (χ0n) is 21.1. The van der Waals surface area contributed by atoms with Gasteiger partial charge in [-0.2, -0.15) is 9.97 Å². The second-order valence-corrected chi connectivity index (χ2v) is 10.2. The van der Waals surface area contributed by atoms with Gasteiger partial charge in [-0.15, -0.1) is 0 Å². The van der Waals surface area contributed by atoms with Gasteiger partial charge in [-0.05, 0) is 54.7 Å². The maximum absolute atomic E-state index is 13.3. The van der Waals surface area contributed by atoms with Crippen molar-refractivity contribution < 1.29 is 9.59 Å². The number of nitrogens with two attached hydrogens (primary N) is 1. The molecule has 6 rings (SSSR count). The molecule has 9 nitrogen and oxygen atoms in total. The van der Waals surface area contributed by atoms with E-state index in [4.69, 9.17) is 15.7 Å². The van der Waals surface area contributed by atoms with Gasteiger partial charge in [-0.25, -0.2) is 0 Å². The van der Waals surface area contributed by atoms with E-state index in [9.17, 15) is 9.59 Å². The van der Waals surface area contributed by atoms with Crippen LogP contribution in [0.15, 0.2) is 42.5 Å². The highest BCUT2D eigenvalue weighted by Crippen LogP contribution is 2.28. The average molecular weight is 500 g/mol. The molecule has 1 aromatic heterocycles. The number of aromatic nitrogens is 2. The normalized spacial score (nSPS) is 18.2. The first-order chi connectivity index (χ1) is 18.1. The van der Waals surface area contributed by atoms with Gasteiger partial charge in [0, 0.05) is 69.6 Å². The van der Waals surface area contributed by atoms with Crippen molar-refractivity contribution in [3.63, 3.8) is 0 Å². The van der Waals surface area contributed by atoms with Gasteiger partial charge in [0.05, 0.1) is 0 Å². The number of fused-ring (bicyclic) bond motifs is 1. The van der Waals surface area contributed by atoms with Gasteiger partial charge in [-0.3, -0.25) is 9.59 Å². The molecule has 3 aromatic rings. The summed E-state index contributed by atoms with van der Waals surface area (Å²) in [6.07, 6.45) is 4.79. The third-order valence-corrected chi connectivity index (χ3v) is 7.79. The van der Waals surface area contributed by atoms with Gasteiger partial charge in [0.2, 0.25) is 11.9 Å². The van der Waals surface area contributed by atoms with Crippen LogP contribution in [0.1, 0.15) is 46.4 Å². The number of benzene rings is 2. The SMILES string of the molecule is NC(=O)c1cccc2cc(C(=O)N3CCN(c4cc(N5CCCC5)nc(N5CCCC5)n4)CC3)ccc12. The molecule has 4 heterocycles. The number of piperazine rings is 1. The smallest absolute Gasteiger partial charge is 0.253 e. The zero-order chi connectivity index (χ0) is 25.4. The molecule has 0 saturated carbocycles. The number of carbonyl (C=O) groups is 2. The van der Waals surface area contributed by atoms with Crippen LogP contribution >= 0.6 is 0 Å². The summed E-state index contributed by atoms with van der Waals surface area (Å²) in [6.45, 7) is 6.81. The molecular weight excluding hydrogens is 466 g/mol. The number of amides is 2. The fourth-order valence-electron chi connectivity index (χ4n) is 5.69. The lowest BCUT2D eigenvalue weighted by Gasteiger charge is -2.36. The fourth-order valence-corrected chi connectivity index (χ4v) is 5.69. The summed E-state index contributed by atoms with van der Waals surface area (Å²) in [5.74, 6) is 2.35. The van der Waals surface area contributed by atoms with Crippen LogP contribution in [0, 0.1) is 0 Å². The van der Waals surface area contributed by atoms with E-state index in [1.54, 1.807) is 18.2 Å². The molecule has 192 valence electrons. The summed E-state index contributed by atoms with van der Waals surface area (Å²) in [5.41, 5.74) is 6.60. The zero-order valence-corrected chi connectivity index (χ0v) is 21.1. The summed E-state index contributed by atoms with van der Waals surface area (Å²) in [4.78, 5) is 43.8. The Kier molecular flexibility index (Phi) is 6.28. The van der Waals surface area contributed by atoms with Gasteiger partial charge >= 0.3 is 0 Å². The highest BCUT2D eigenvalue weighted by molar-refractivity contribution is 6.08. The standard InChI is InChI=1S/C28H33N7O2/c29-26(36)23-7-5-6-20-18-21(8-9-22(20)23)27(37)34-16-14-33(15-17-34)25-19-24(32-10-1-2-11-32)30-28(31-25)35-12-3-4-13-35/h5-9,18-19H,1-4,10-17H2,(H2,29,36). The van der Waals surface area contributed by atoms with E-state index >= 15 is 0 Å². The topological polar surface area (TPSA) is 98.9 Å². The number of hydrogen-bond acceptors (Lipinski definition) is 7. The van der Waals surface area contributed by atoms with E-state index in [0.717, 1.165) is 67.6 Å². The van der Waals surface area contributed by atoms with Crippen LogP contribution in [-0.2, 0) is 0 Å². The molecule has 2 aromatic carbocycles. The molecule has 3 aliphatic heterocycles. The van der Waals surface area contributed by atoms with Gasteiger partial charge in [0.15, 0.2) is 0 Å². The largest absolute Gasteiger partial charge is 0.366 e. The molecule has 3 aliphatic rings. The first-order valence-electron chi connectivity index (χ1n) is 13.3. The first-order valence-corrected chi connectivity index (χ1v) is 13.3. The Labute approximate surface area is 216 Å². The third-order valence-electron chi connectivity index (χ3n) is 7.79. The highest BCUT2D eigenvalue weighted by atomic mass is 16.2. The molecule has 0 radical (unpaired) electrons. The van der Waals surface area contributed by atoms with Crippen LogP contribution in [0.4, 0.5) is 17.6 Å². The van der Waals surface area contributed by atoms with Crippen LogP contribution in [0.25, 0.3) is 10.8 Å². The van der Waals surface area contributed by atoms with E-state index in [1.165, 1.54) is 25.7 Å². The van der Waals surface area contributed by atoms with Crippen molar-refractivity contribution in [1.29, 1.82) is 0 Å². The van der Waals surface area contributed by atoms with E-state index < -0.39 is 5.91 Å². The number of nitrogens with zero attached hydrogens (tertiary/aromatic N) is 6. The molecule has 2 N–H and O–H groups in total. The monoisotopic (exact) mass is 499 g/mol. The second-order valence-electron chi connectivity index (χ2n) is 10.2. The fraction of sp³-hybridized carbons (Fsp3) is 0.429. The Morgan fingerprint density at radius 1 is 0.703 bits per heavy atom. The predicted octanol–water partition coefficient (Wildman–Crippen LogP) is 2.89. The van der Waals surface area contributed by atoms with Crippen molar-refractivity contribution in [2.24, 2.45) is 5.73 Å². The lowest BCUT2D eigenvalue weighted by atomic mass is 10.0. The third kappa shape index (κ3) is 4.65. The van der Waals surface area contributed by atoms with E-state index in [0.29, 0.717) is 24.2 Å².